The van der Waals surface area contributed by atoms with Crippen molar-refractivity contribution >= 4 is 33.6 Å². The van der Waals surface area contributed by atoms with Crippen molar-refractivity contribution in [2.24, 2.45) is 5.41 Å². The quantitative estimate of drug-likeness (QED) is 0.351. The highest BCUT2D eigenvalue weighted by molar-refractivity contribution is 7.93. The van der Waals surface area contributed by atoms with Crippen LogP contribution in [0.25, 0.3) is 0 Å². The van der Waals surface area contributed by atoms with E-state index in [1.807, 2.05) is 13.8 Å². The first-order valence-electron chi connectivity index (χ1n) is 13.2. The second-order valence-electron chi connectivity index (χ2n) is 11.2. The van der Waals surface area contributed by atoms with E-state index in [9.17, 15) is 22.8 Å². The smallest absolute Gasteiger partial charge is 0.414 e. The van der Waals surface area contributed by atoms with Crippen LogP contribution < -0.4 is 14.4 Å². The second kappa shape index (κ2) is 12.0. The monoisotopic (exact) mass is 573 g/mol. The zero-order valence-electron chi connectivity index (χ0n) is 24.3. The standard InChI is InChI=1S/C29H39N3O7S/c1-18(2)38-27(34)20(4)32(21-10-12-22(13-11-21)39-28(35)31(7)8)40(36,37)24-14-9-19(3)17-23(24)25(33)26-29(5,6)15-16-30-26/h9-14,17-18,20,26,30H,15-16H2,1-8H3/t20-,26+/m0/s1. The number of benzene rings is 2. The van der Waals surface area contributed by atoms with E-state index in [-0.39, 0.29) is 33.1 Å². The molecule has 1 saturated heterocycles. The maximum absolute atomic E-state index is 14.4. The Morgan fingerprint density at radius 3 is 2.17 bits per heavy atom. The number of ketones is 1. The lowest BCUT2D eigenvalue weighted by Crippen LogP contribution is -2.46. The van der Waals surface area contributed by atoms with Crippen LogP contribution in [0.5, 0.6) is 5.75 Å². The number of amides is 1. The average molecular weight is 574 g/mol. The number of anilines is 1. The lowest BCUT2D eigenvalue weighted by Gasteiger charge is -2.31. The number of carbonyl (C=O) groups excluding carboxylic acids is 3. The molecule has 1 N–H and O–H groups in total. The summed E-state index contributed by atoms with van der Waals surface area (Å²) in [5.41, 5.74) is 0.550. The molecule has 3 rings (SSSR count). The van der Waals surface area contributed by atoms with Crippen molar-refractivity contribution in [3.8, 4) is 5.75 Å². The topological polar surface area (TPSA) is 122 Å². The van der Waals surface area contributed by atoms with E-state index in [1.54, 1.807) is 32.9 Å². The molecule has 1 fully saturated rings. The molecule has 1 aliphatic rings. The molecule has 2 aromatic carbocycles. The molecule has 1 aliphatic heterocycles. The van der Waals surface area contributed by atoms with Gasteiger partial charge in [-0.3, -0.25) is 9.10 Å². The first-order valence-corrected chi connectivity index (χ1v) is 14.6. The summed E-state index contributed by atoms with van der Waals surface area (Å²) >= 11 is 0. The highest BCUT2D eigenvalue weighted by Crippen LogP contribution is 2.35. The Morgan fingerprint density at radius 1 is 1.02 bits per heavy atom. The van der Waals surface area contributed by atoms with Crippen LogP contribution in [-0.2, 0) is 19.6 Å². The molecular weight excluding hydrogens is 534 g/mol. The summed E-state index contributed by atoms with van der Waals surface area (Å²) in [6.45, 7) is 11.1. The first-order chi connectivity index (χ1) is 18.6. The summed E-state index contributed by atoms with van der Waals surface area (Å²) in [6.07, 6.45) is -0.302. The fourth-order valence-corrected chi connectivity index (χ4v) is 6.37. The van der Waals surface area contributed by atoms with Gasteiger partial charge in [0.2, 0.25) is 0 Å². The second-order valence-corrected chi connectivity index (χ2v) is 13.0. The molecule has 1 amide bonds. The highest BCUT2D eigenvalue weighted by Gasteiger charge is 2.43. The predicted molar refractivity (Wildman–Crippen MR) is 152 cm³/mol. The van der Waals surface area contributed by atoms with Gasteiger partial charge in [-0.05, 0) is 82.5 Å². The minimum atomic E-state index is -4.47. The fourth-order valence-electron chi connectivity index (χ4n) is 4.58. The summed E-state index contributed by atoms with van der Waals surface area (Å²) in [6, 6.07) is 8.51. The number of rotatable bonds is 9. The maximum atomic E-state index is 14.4. The third-order valence-corrected chi connectivity index (χ3v) is 8.76. The Morgan fingerprint density at radius 2 is 1.65 bits per heavy atom. The number of carbonyl (C=O) groups is 3. The molecule has 218 valence electrons. The van der Waals surface area contributed by atoms with Gasteiger partial charge in [-0.2, -0.15) is 0 Å². The number of Topliss-reactive ketones (excluding diaryl/α,β-unsaturated/α-hetero) is 1. The summed E-state index contributed by atoms with van der Waals surface area (Å²) in [5.74, 6) is -0.883. The van der Waals surface area contributed by atoms with Crippen LogP contribution in [0, 0.1) is 12.3 Å². The lowest BCUT2D eigenvalue weighted by atomic mass is 9.81. The molecule has 0 bridgehead atoms. The molecule has 0 unspecified atom stereocenters. The van der Waals surface area contributed by atoms with Crippen molar-refractivity contribution in [1.82, 2.24) is 10.2 Å². The molecule has 0 spiro atoms. The molecule has 2 atom stereocenters. The van der Waals surface area contributed by atoms with E-state index in [0.29, 0.717) is 6.54 Å². The number of nitrogens with zero attached hydrogens (tertiary/aromatic N) is 2. The average Bonchev–Trinajstić information content (AvgIpc) is 3.22. The SMILES string of the molecule is Cc1ccc(S(=O)(=O)N(c2ccc(OC(=O)N(C)C)cc2)[C@@H](C)C(=O)OC(C)C)c(C(=O)[C@H]2NCCC2(C)C)c1. The summed E-state index contributed by atoms with van der Waals surface area (Å²) in [5, 5.41) is 3.22. The minimum Gasteiger partial charge on any atom is -0.461 e. The van der Waals surface area contributed by atoms with E-state index >= 15 is 0 Å². The zero-order valence-corrected chi connectivity index (χ0v) is 25.2. The number of hydrogen-bond acceptors (Lipinski definition) is 8. The van der Waals surface area contributed by atoms with Gasteiger partial charge in [-0.25, -0.2) is 18.0 Å². The number of ether oxygens (including phenoxy) is 2. The van der Waals surface area contributed by atoms with Crippen molar-refractivity contribution in [1.29, 1.82) is 0 Å². The zero-order chi connectivity index (χ0) is 30.0. The number of nitrogens with one attached hydrogen (secondary N) is 1. The third-order valence-electron chi connectivity index (χ3n) is 6.81. The van der Waals surface area contributed by atoms with E-state index in [1.165, 1.54) is 56.3 Å². The molecule has 0 radical (unpaired) electrons. The van der Waals surface area contributed by atoms with Crippen molar-refractivity contribution in [3.63, 3.8) is 0 Å². The van der Waals surface area contributed by atoms with Gasteiger partial charge in [-0.1, -0.05) is 25.5 Å². The van der Waals surface area contributed by atoms with Gasteiger partial charge >= 0.3 is 12.1 Å². The maximum Gasteiger partial charge on any atom is 0.414 e. The molecule has 1 heterocycles. The van der Waals surface area contributed by atoms with Crippen molar-refractivity contribution < 1.29 is 32.3 Å². The van der Waals surface area contributed by atoms with Crippen LogP contribution in [-0.4, -0.2) is 70.0 Å². The largest absolute Gasteiger partial charge is 0.461 e. The van der Waals surface area contributed by atoms with Gasteiger partial charge < -0.3 is 19.7 Å². The number of aryl methyl sites for hydroxylation is 1. The van der Waals surface area contributed by atoms with E-state index in [2.05, 4.69) is 5.32 Å². The van der Waals surface area contributed by atoms with Crippen molar-refractivity contribution in [2.75, 3.05) is 24.9 Å². The van der Waals surface area contributed by atoms with Crippen molar-refractivity contribution in [2.45, 2.75) is 71.0 Å². The number of hydrogen-bond donors (Lipinski definition) is 1. The van der Waals surface area contributed by atoms with Crippen LogP contribution in [0.2, 0.25) is 0 Å². The van der Waals surface area contributed by atoms with E-state index in [4.69, 9.17) is 9.47 Å². The molecule has 0 aromatic heterocycles. The molecule has 0 aliphatic carbocycles. The highest BCUT2D eigenvalue weighted by atomic mass is 32.2. The molecule has 40 heavy (non-hydrogen) atoms. The Bertz CT molecular complexity index is 1370. The third kappa shape index (κ3) is 6.64. The van der Waals surface area contributed by atoms with E-state index in [0.717, 1.165) is 16.3 Å². The number of esters is 1. The Labute approximate surface area is 236 Å². The molecule has 0 saturated carbocycles. The summed E-state index contributed by atoms with van der Waals surface area (Å²) in [4.78, 5) is 39.8. The Balaban J connectivity index is 2.14. The molecular formula is C29H39N3O7S. The van der Waals surface area contributed by atoms with Gasteiger partial charge in [0.05, 0.1) is 22.7 Å². The van der Waals surface area contributed by atoms with Gasteiger partial charge in [0, 0.05) is 19.7 Å². The summed E-state index contributed by atoms with van der Waals surface area (Å²) in [7, 11) is -1.40. The van der Waals surface area contributed by atoms with Crippen LogP contribution >= 0.6 is 0 Å². The van der Waals surface area contributed by atoms with Gasteiger partial charge in [0.25, 0.3) is 10.0 Å². The molecule has 10 nitrogen and oxygen atoms in total. The van der Waals surface area contributed by atoms with Gasteiger partial charge in [-0.15, -0.1) is 0 Å². The Hall–Kier alpha value is -3.44. The van der Waals surface area contributed by atoms with Crippen molar-refractivity contribution in [3.05, 3.63) is 53.6 Å². The fraction of sp³-hybridized carbons (Fsp3) is 0.483. The Kier molecular flexibility index (Phi) is 9.31. The number of sulfonamides is 1. The van der Waals surface area contributed by atoms with E-state index < -0.39 is 40.3 Å². The van der Waals surface area contributed by atoms with Gasteiger partial charge in [0.1, 0.15) is 11.8 Å². The van der Waals surface area contributed by atoms with Crippen LogP contribution in [0.3, 0.4) is 0 Å². The van der Waals surface area contributed by atoms with Crippen LogP contribution in [0.15, 0.2) is 47.4 Å². The summed E-state index contributed by atoms with van der Waals surface area (Å²) < 4.78 is 40.3. The minimum absolute atomic E-state index is 0.0541. The van der Waals surface area contributed by atoms with Crippen LogP contribution in [0.4, 0.5) is 10.5 Å². The van der Waals surface area contributed by atoms with Crippen LogP contribution in [0.1, 0.15) is 57.0 Å². The first kappa shape index (κ1) is 31.1. The normalized spacial score (nSPS) is 17.3. The predicted octanol–water partition coefficient (Wildman–Crippen LogP) is 4.16. The molecule has 2 aromatic rings. The lowest BCUT2D eigenvalue weighted by molar-refractivity contribution is -0.148. The molecule has 11 heteroatoms. The van der Waals surface area contributed by atoms with Gasteiger partial charge in [0.15, 0.2) is 5.78 Å².